The molecule has 0 atom stereocenters. The average molecular weight is 260 g/mol. The van der Waals surface area contributed by atoms with Gasteiger partial charge in [0.2, 0.25) is 0 Å². The highest BCUT2D eigenvalue weighted by Crippen LogP contribution is 2.05. The number of hydrogen-bond acceptors (Lipinski definition) is 3. The van der Waals surface area contributed by atoms with Crippen molar-refractivity contribution in [2.75, 3.05) is 13.7 Å². The number of nitrogens with two attached hydrogens (primary N) is 1. The first kappa shape index (κ1) is 13.1. The summed E-state index contributed by atoms with van der Waals surface area (Å²) >= 11 is 3.31. The number of carbonyl (C=O) groups excluding carboxylic acids is 1. The first-order valence-corrected chi connectivity index (χ1v) is 4.97. The molecule has 2 N–H and O–H groups in total. The van der Waals surface area contributed by atoms with Crippen LogP contribution in [0.3, 0.4) is 0 Å². The predicted octanol–water partition coefficient (Wildman–Crippen LogP) is 1.96. The summed E-state index contributed by atoms with van der Waals surface area (Å²) in [5.74, 6) is -0.248. The van der Waals surface area contributed by atoms with Gasteiger partial charge in [0.1, 0.15) is 0 Å². The maximum Gasteiger partial charge on any atom is 0.306 e. The molecule has 1 aromatic carbocycles. The summed E-state index contributed by atoms with van der Waals surface area (Å²) in [5.41, 5.74) is 5.00. The normalized spacial score (nSPS) is 8.50. The van der Waals surface area contributed by atoms with Crippen molar-refractivity contribution < 1.29 is 9.53 Å². The Kier molecular flexibility index (Phi) is 8.17. The topological polar surface area (TPSA) is 52.3 Å². The second-order valence-electron chi connectivity index (χ2n) is 2.41. The highest BCUT2D eigenvalue weighted by Gasteiger charge is 1.92. The van der Waals surface area contributed by atoms with Crippen LogP contribution in [0.1, 0.15) is 6.42 Å². The van der Waals surface area contributed by atoms with Crippen LogP contribution < -0.4 is 5.73 Å². The predicted molar refractivity (Wildman–Crippen MR) is 59.8 cm³/mol. The fraction of sp³-hybridized carbons (Fsp3) is 0.300. The maximum absolute atomic E-state index is 10.1. The van der Waals surface area contributed by atoms with Crippen molar-refractivity contribution in [1.82, 2.24) is 0 Å². The average Bonchev–Trinajstić information content (AvgIpc) is 2.20. The van der Waals surface area contributed by atoms with Gasteiger partial charge in [0.25, 0.3) is 0 Å². The van der Waals surface area contributed by atoms with Crippen LogP contribution in [0.15, 0.2) is 34.8 Å². The molecule has 0 unspecified atom stereocenters. The van der Waals surface area contributed by atoms with Crippen molar-refractivity contribution in [1.29, 1.82) is 0 Å². The van der Waals surface area contributed by atoms with Gasteiger partial charge < -0.3 is 10.5 Å². The number of esters is 1. The summed E-state index contributed by atoms with van der Waals surface area (Å²) in [4.78, 5) is 10.1. The van der Waals surface area contributed by atoms with Gasteiger partial charge in [-0.25, -0.2) is 0 Å². The van der Waals surface area contributed by atoms with Crippen LogP contribution in [0.4, 0.5) is 0 Å². The number of ether oxygens (including phenoxy) is 1. The summed E-state index contributed by atoms with van der Waals surface area (Å²) in [5, 5.41) is 0. The second-order valence-corrected chi connectivity index (χ2v) is 3.33. The van der Waals surface area contributed by atoms with Gasteiger partial charge in [-0.15, -0.1) is 0 Å². The Bertz CT molecular complexity index is 252. The number of hydrogen-bond donors (Lipinski definition) is 1. The molecule has 0 spiro atoms. The number of benzene rings is 1. The van der Waals surface area contributed by atoms with E-state index in [9.17, 15) is 4.79 Å². The zero-order valence-corrected chi connectivity index (χ0v) is 9.66. The van der Waals surface area contributed by atoms with Crippen LogP contribution in [0, 0.1) is 0 Å². The van der Waals surface area contributed by atoms with E-state index in [1.165, 1.54) is 7.11 Å². The van der Waals surface area contributed by atoms with E-state index in [2.05, 4.69) is 20.7 Å². The SMILES string of the molecule is Brc1ccccc1.COC(=O)CCN. The van der Waals surface area contributed by atoms with E-state index in [1.54, 1.807) is 0 Å². The van der Waals surface area contributed by atoms with E-state index in [0.717, 1.165) is 4.47 Å². The molecule has 0 aliphatic heterocycles. The quantitative estimate of drug-likeness (QED) is 0.827. The molecule has 3 nitrogen and oxygen atoms in total. The number of halogens is 1. The van der Waals surface area contributed by atoms with Crippen LogP contribution in [0.25, 0.3) is 0 Å². The summed E-state index contributed by atoms with van der Waals surface area (Å²) in [6.45, 7) is 0.368. The Morgan fingerprint density at radius 1 is 1.43 bits per heavy atom. The Labute approximate surface area is 92.4 Å². The summed E-state index contributed by atoms with van der Waals surface area (Å²) in [7, 11) is 1.35. The minimum Gasteiger partial charge on any atom is -0.469 e. The molecular weight excluding hydrogens is 246 g/mol. The highest BCUT2D eigenvalue weighted by molar-refractivity contribution is 9.10. The van der Waals surface area contributed by atoms with Gasteiger partial charge in [-0.05, 0) is 12.1 Å². The first-order chi connectivity index (χ1) is 6.70. The lowest BCUT2D eigenvalue weighted by molar-refractivity contribution is -0.140. The monoisotopic (exact) mass is 259 g/mol. The molecule has 0 heterocycles. The molecule has 14 heavy (non-hydrogen) atoms. The lowest BCUT2D eigenvalue weighted by atomic mass is 10.4. The Morgan fingerprint density at radius 2 is 2.00 bits per heavy atom. The van der Waals surface area contributed by atoms with Gasteiger partial charge in [0.15, 0.2) is 0 Å². The molecule has 0 aromatic heterocycles. The number of rotatable bonds is 2. The molecule has 0 radical (unpaired) electrons. The molecule has 0 aliphatic carbocycles. The third kappa shape index (κ3) is 7.76. The van der Waals surface area contributed by atoms with Gasteiger partial charge in [0.05, 0.1) is 13.5 Å². The molecule has 78 valence electrons. The smallest absolute Gasteiger partial charge is 0.306 e. The van der Waals surface area contributed by atoms with Gasteiger partial charge in [-0.3, -0.25) is 4.79 Å². The largest absolute Gasteiger partial charge is 0.469 e. The second kappa shape index (κ2) is 8.72. The van der Waals surface area contributed by atoms with Crippen LogP contribution in [0.2, 0.25) is 0 Å². The van der Waals surface area contributed by atoms with Gasteiger partial charge in [-0.1, -0.05) is 34.1 Å². The van der Waals surface area contributed by atoms with E-state index in [4.69, 9.17) is 5.73 Å². The third-order valence-electron chi connectivity index (χ3n) is 1.31. The van der Waals surface area contributed by atoms with E-state index >= 15 is 0 Å². The minimum absolute atomic E-state index is 0.248. The molecule has 0 bridgehead atoms. The molecular formula is C10H14BrNO2. The molecule has 0 aliphatic rings. The lowest BCUT2D eigenvalue weighted by Crippen LogP contribution is -2.08. The van der Waals surface area contributed by atoms with Gasteiger partial charge in [0, 0.05) is 11.0 Å². The molecule has 0 saturated carbocycles. The van der Waals surface area contributed by atoms with Crippen molar-refractivity contribution in [3.05, 3.63) is 34.8 Å². The highest BCUT2D eigenvalue weighted by atomic mass is 79.9. The van der Waals surface area contributed by atoms with Crippen molar-refractivity contribution in [3.8, 4) is 0 Å². The molecule has 0 amide bonds. The zero-order valence-electron chi connectivity index (χ0n) is 8.07. The van der Waals surface area contributed by atoms with E-state index in [-0.39, 0.29) is 5.97 Å². The molecule has 1 aromatic rings. The zero-order chi connectivity index (χ0) is 10.8. The first-order valence-electron chi connectivity index (χ1n) is 4.18. The Hall–Kier alpha value is -0.870. The fourth-order valence-corrected chi connectivity index (χ4v) is 0.940. The van der Waals surface area contributed by atoms with Crippen molar-refractivity contribution >= 4 is 21.9 Å². The van der Waals surface area contributed by atoms with E-state index in [0.29, 0.717) is 13.0 Å². The van der Waals surface area contributed by atoms with Crippen LogP contribution in [-0.2, 0) is 9.53 Å². The summed E-state index contributed by atoms with van der Waals surface area (Å²) < 4.78 is 5.41. The van der Waals surface area contributed by atoms with Crippen molar-refractivity contribution in [2.24, 2.45) is 5.73 Å². The standard InChI is InChI=1S/C6H5Br.C4H9NO2/c7-6-4-2-1-3-5-6;1-7-4(6)2-3-5/h1-5H;2-3,5H2,1H3. The minimum atomic E-state index is -0.248. The van der Waals surface area contributed by atoms with Gasteiger partial charge in [-0.2, -0.15) is 0 Å². The van der Waals surface area contributed by atoms with E-state index < -0.39 is 0 Å². The van der Waals surface area contributed by atoms with Crippen LogP contribution >= 0.6 is 15.9 Å². The molecule has 4 heteroatoms. The van der Waals surface area contributed by atoms with Crippen LogP contribution in [-0.4, -0.2) is 19.6 Å². The molecule has 0 fully saturated rings. The van der Waals surface area contributed by atoms with Crippen molar-refractivity contribution in [3.63, 3.8) is 0 Å². The third-order valence-corrected chi connectivity index (χ3v) is 1.84. The van der Waals surface area contributed by atoms with Crippen molar-refractivity contribution in [2.45, 2.75) is 6.42 Å². The molecule has 0 saturated heterocycles. The Balaban J connectivity index is 0.000000241. The number of carbonyl (C=O) groups is 1. The van der Waals surface area contributed by atoms with Crippen LogP contribution in [0.5, 0.6) is 0 Å². The summed E-state index contributed by atoms with van der Waals surface area (Å²) in [6.07, 6.45) is 0.316. The van der Waals surface area contributed by atoms with E-state index in [1.807, 2.05) is 30.3 Å². The fourth-order valence-electron chi connectivity index (χ4n) is 0.635. The lowest BCUT2D eigenvalue weighted by Gasteiger charge is -1.91. The summed E-state index contributed by atoms with van der Waals surface area (Å²) in [6, 6.07) is 9.97. The molecule has 1 rings (SSSR count). The van der Waals surface area contributed by atoms with Gasteiger partial charge >= 0.3 is 5.97 Å². The Morgan fingerprint density at radius 3 is 2.21 bits per heavy atom. The maximum atomic E-state index is 10.1. The number of methoxy groups -OCH3 is 1.